The Morgan fingerprint density at radius 1 is 1.18 bits per heavy atom. The number of benzene rings is 1. The predicted molar refractivity (Wildman–Crippen MR) is 131 cm³/mol. The molecule has 0 bridgehead atoms. The van der Waals surface area contributed by atoms with Crippen molar-refractivity contribution >= 4 is 30.2 Å². The molecule has 0 spiro atoms. The quantitative estimate of drug-likeness (QED) is 0.324. The molecule has 12 heteroatoms. The van der Waals surface area contributed by atoms with E-state index in [-0.39, 0.29) is 24.9 Å². The van der Waals surface area contributed by atoms with Crippen LogP contribution < -0.4 is 11.2 Å². The molecule has 4 unspecified atom stereocenters. The lowest BCUT2D eigenvalue weighted by atomic mass is 10.2. The highest BCUT2D eigenvalue weighted by molar-refractivity contribution is 8.76. The maximum absolute atomic E-state index is 11.9. The summed E-state index contributed by atoms with van der Waals surface area (Å²) in [4.78, 5) is 35.7. The lowest BCUT2D eigenvalue weighted by molar-refractivity contribution is -0.0688. The molecule has 5 atom stereocenters. The number of ether oxygens (including phenoxy) is 2. The second-order valence-electron chi connectivity index (χ2n) is 7.36. The Hall–Kier alpha value is -1.17. The monoisotopic (exact) mass is 516 g/mol. The van der Waals surface area contributed by atoms with Gasteiger partial charge in [0.25, 0.3) is 5.56 Å². The number of hydrogen-bond donors (Lipinski definition) is 2. The van der Waals surface area contributed by atoms with Crippen molar-refractivity contribution in [3.05, 3.63) is 69.0 Å². The second kappa shape index (κ2) is 13.7. The third-order valence-electron chi connectivity index (χ3n) is 4.95. The Labute approximate surface area is 201 Å². The van der Waals surface area contributed by atoms with Gasteiger partial charge in [-0.1, -0.05) is 58.8 Å². The molecule has 3 rings (SSSR count). The zero-order valence-electron chi connectivity index (χ0n) is 18.5. The summed E-state index contributed by atoms with van der Waals surface area (Å²) in [5.41, 5.74) is 0.0700. The molecule has 182 valence electrons. The number of nitrogens with one attached hydrogen (secondary N) is 1. The molecule has 1 aromatic carbocycles. The highest BCUT2D eigenvalue weighted by atomic mass is 33.1. The minimum Gasteiger partial charge on any atom is -0.370 e. The molecule has 0 saturated carbocycles. The van der Waals surface area contributed by atoms with Crippen LogP contribution in [-0.2, 0) is 25.1 Å². The van der Waals surface area contributed by atoms with Crippen LogP contribution in [0.5, 0.6) is 0 Å². The number of H-pyrrole nitrogens is 1. The lowest BCUT2D eigenvalue weighted by Gasteiger charge is -2.31. The largest absolute Gasteiger partial charge is 0.370 e. The molecule has 0 aliphatic carbocycles. The van der Waals surface area contributed by atoms with Gasteiger partial charge in [0.2, 0.25) is 0 Å². The van der Waals surface area contributed by atoms with Gasteiger partial charge in [-0.15, -0.1) is 0 Å². The van der Waals surface area contributed by atoms with E-state index >= 15 is 0 Å². The van der Waals surface area contributed by atoms with Gasteiger partial charge in [0.05, 0.1) is 25.4 Å². The Bertz CT molecular complexity index is 961. The van der Waals surface area contributed by atoms with Gasteiger partial charge in [0.1, 0.15) is 12.3 Å². The van der Waals surface area contributed by atoms with Crippen LogP contribution >= 0.6 is 30.2 Å². The van der Waals surface area contributed by atoms with E-state index < -0.39 is 26.1 Å². The molecule has 0 radical (unpaired) electrons. The molecule has 33 heavy (non-hydrogen) atoms. The van der Waals surface area contributed by atoms with Gasteiger partial charge in [-0.25, -0.2) is 4.79 Å². The van der Waals surface area contributed by atoms with Gasteiger partial charge in [-0.2, -0.15) is 0 Å². The van der Waals surface area contributed by atoms with Crippen LogP contribution in [0, 0.1) is 0 Å². The standard InChI is InChI=1S/C21H29N2O7PS2/c1-3-17(29-15(2)23-10-9-20(24)22-21(23)25)12-28-31(26)30-19-14-33-32-13-18(19)27-11-16-7-5-4-6-8-16/h4-10,15,17-19,26H,3,11-14H2,1-2H3,(H,22,24,25)/t15?,17?,18-,19?,31?/m0/s1. The molecular weight excluding hydrogens is 487 g/mol. The Balaban J connectivity index is 1.47. The van der Waals surface area contributed by atoms with E-state index in [1.54, 1.807) is 28.5 Å². The van der Waals surface area contributed by atoms with Crippen LogP contribution in [0.25, 0.3) is 0 Å². The van der Waals surface area contributed by atoms with Gasteiger partial charge in [0, 0.05) is 23.8 Å². The van der Waals surface area contributed by atoms with Crippen molar-refractivity contribution in [1.82, 2.24) is 9.55 Å². The van der Waals surface area contributed by atoms with E-state index in [1.165, 1.54) is 16.8 Å². The van der Waals surface area contributed by atoms with Gasteiger partial charge in [-0.05, 0) is 18.9 Å². The summed E-state index contributed by atoms with van der Waals surface area (Å²) in [7, 11) is 1.28. The van der Waals surface area contributed by atoms with Crippen LogP contribution in [0.1, 0.15) is 32.1 Å². The van der Waals surface area contributed by atoms with E-state index in [2.05, 4.69) is 4.98 Å². The van der Waals surface area contributed by atoms with Crippen molar-refractivity contribution in [2.24, 2.45) is 0 Å². The highest BCUT2D eigenvalue weighted by Crippen LogP contribution is 2.41. The van der Waals surface area contributed by atoms with E-state index in [1.807, 2.05) is 37.3 Å². The topological polar surface area (TPSA) is 112 Å². The van der Waals surface area contributed by atoms with Crippen LogP contribution in [0.3, 0.4) is 0 Å². The molecular formula is C21H29N2O7PS2. The fraction of sp³-hybridized carbons (Fsp3) is 0.524. The molecule has 2 N–H and O–H groups in total. The van der Waals surface area contributed by atoms with Crippen molar-refractivity contribution in [2.75, 3.05) is 18.1 Å². The maximum Gasteiger partial charge on any atom is 0.330 e. The summed E-state index contributed by atoms with van der Waals surface area (Å²) in [6.07, 6.45) is 0.565. The summed E-state index contributed by atoms with van der Waals surface area (Å²) in [5.74, 6) is 1.45. The number of aromatic amines is 1. The fourth-order valence-electron chi connectivity index (χ4n) is 3.08. The normalized spacial score (nSPS) is 21.4. The average Bonchev–Trinajstić information content (AvgIpc) is 2.81. The number of aromatic nitrogens is 2. The molecule has 1 aliphatic heterocycles. The third-order valence-corrected chi connectivity index (χ3v) is 8.19. The molecule has 1 aromatic heterocycles. The Morgan fingerprint density at radius 2 is 1.91 bits per heavy atom. The predicted octanol–water partition coefficient (Wildman–Crippen LogP) is 3.45. The molecule has 2 heterocycles. The molecule has 1 aliphatic rings. The molecule has 1 fully saturated rings. The summed E-state index contributed by atoms with van der Waals surface area (Å²) in [5, 5.41) is 0. The number of nitrogens with zero attached hydrogens (tertiary/aromatic N) is 1. The highest BCUT2D eigenvalue weighted by Gasteiger charge is 2.31. The fourth-order valence-corrected chi connectivity index (χ4v) is 6.41. The number of hydrogen-bond acceptors (Lipinski definition) is 9. The first-order chi connectivity index (χ1) is 16.0. The Morgan fingerprint density at radius 3 is 2.61 bits per heavy atom. The first-order valence-electron chi connectivity index (χ1n) is 10.6. The van der Waals surface area contributed by atoms with Crippen LogP contribution in [0.2, 0.25) is 0 Å². The van der Waals surface area contributed by atoms with Crippen molar-refractivity contribution in [3.8, 4) is 0 Å². The van der Waals surface area contributed by atoms with Gasteiger partial charge in [-0.3, -0.25) is 14.3 Å². The molecule has 9 nitrogen and oxygen atoms in total. The van der Waals surface area contributed by atoms with Crippen molar-refractivity contribution in [3.63, 3.8) is 0 Å². The van der Waals surface area contributed by atoms with E-state index in [9.17, 15) is 14.5 Å². The van der Waals surface area contributed by atoms with Crippen molar-refractivity contribution in [1.29, 1.82) is 0 Å². The molecule has 1 saturated heterocycles. The minimum absolute atomic E-state index is 0.102. The average molecular weight is 517 g/mol. The first kappa shape index (κ1) is 26.4. The van der Waals surface area contributed by atoms with E-state index in [0.29, 0.717) is 18.8 Å². The lowest BCUT2D eigenvalue weighted by Crippen LogP contribution is -2.37. The van der Waals surface area contributed by atoms with Crippen LogP contribution in [0.15, 0.2) is 52.2 Å². The van der Waals surface area contributed by atoms with Crippen LogP contribution in [-0.4, -0.2) is 50.9 Å². The summed E-state index contributed by atoms with van der Waals surface area (Å²) < 4.78 is 24.6. The maximum atomic E-state index is 11.9. The smallest absolute Gasteiger partial charge is 0.330 e. The third kappa shape index (κ3) is 8.52. The summed E-state index contributed by atoms with van der Waals surface area (Å²) in [6, 6.07) is 11.2. The zero-order chi connectivity index (χ0) is 23.6. The van der Waals surface area contributed by atoms with Crippen LogP contribution in [0.4, 0.5) is 0 Å². The summed E-state index contributed by atoms with van der Waals surface area (Å²) >= 11 is 0. The van der Waals surface area contributed by atoms with E-state index in [0.717, 1.165) is 11.3 Å². The summed E-state index contributed by atoms with van der Waals surface area (Å²) in [6.45, 7) is 4.20. The molecule has 0 amide bonds. The van der Waals surface area contributed by atoms with Crippen molar-refractivity contribution < 1.29 is 23.4 Å². The zero-order valence-corrected chi connectivity index (χ0v) is 21.0. The number of rotatable bonds is 12. The Kier molecular flexibility index (Phi) is 10.9. The van der Waals surface area contributed by atoms with Gasteiger partial charge < -0.3 is 23.4 Å². The van der Waals surface area contributed by atoms with Crippen molar-refractivity contribution in [2.45, 2.75) is 51.4 Å². The van der Waals surface area contributed by atoms with Gasteiger partial charge >= 0.3 is 14.3 Å². The second-order valence-corrected chi connectivity index (χ2v) is 10.9. The van der Waals surface area contributed by atoms with Gasteiger partial charge in [0.15, 0.2) is 0 Å². The van der Waals surface area contributed by atoms with E-state index in [4.69, 9.17) is 18.5 Å². The first-order valence-corrected chi connectivity index (χ1v) is 14.2. The minimum atomic E-state index is -2.12. The molecule has 2 aromatic rings. The SMILES string of the molecule is CCC(COP(O)OC1CSSC[C@@H]1OCc1ccccc1)OC(C)n1ccc(=O)[nH]c1=O.